The Morgan fingerprint density at radius 3 is 1.62 bits per heavy atom. The van der Waals surface area contributed by atoms with Crippen molar-refractivity contribution in [3.05, 3.63) is 88.0 Å². The Kier molecular flexibility index (Phi) is 6.80. The Hall–Kier alpha value is -4.40. The van der Waals surface area contributed by atoms with Gasteiger partial charge >= 0.3 is 0 Å². The van der Waals surface area contributed by atoms with Crippen LogP contribution in [-0.4, -0.2) is 58.3 Å². The lowest BCUT2D eigenvalue weighted by Crippen LogP contribution is -2.35. The van der Waals surface area contributed by atoms with E-state index in [2.05, 4.69) is 60.3 Å². The molecule has 0 saturated carbocycles. The number of likely N-dealkylation sites (N-methyl/N-ethyl adjacent to an activating group) is 2. The lowest BCUT2D eigenvalue weighted by atomic mass is 9.86. The van der Waals surface area contributed by atoms with Crippen LogP contribution in [0, 0.1) is 0 Å². The van der Waals surface area contributed by atoms with Crippen LogP contribution in [0.2, 0.25) is 0 Å². The van der Waals surface area contributed by atoms with E-state index in [9.17, 15) is 0 Å². The number of nitrogens with zero attached hydrogens (tertiary/aromatic N) is 2. The van der Waals surface area contributed by atoms with Gasteiger partial charge in [0.25, 0.3) is 0 Å². The molecule has 0 amide bonds. The number of benzene rings is 4. The summed E-state index contributed by atoms with van der Waals surface area (Å²) in [5, 5.41) is 0. The number of fused-ring (bicyclic) bond motifs is 1. The fourth-order valence-corrected chi connectivity index (χ4v) is 7.47. The van der Waals surface area contributed by atoms with Crippen molar-refractivity contribution in [1.82, 2.24) is 9.80 Å². The molecule has 0 unspecified atom stereocenters. The van der Waals surface area contributed by atoms with Gasteiger partial charge in [0.1, 0.15) is 5.75 Å². The number of ether oxygens (including phenoxy) is 6. The number of hydrogen-bond acceptors (Lipinski definition) is 8. The second-order valence-corrected chi connectivity index (χ2v) is 12.5. The van der Waals surface area contributed by atoms with E-state index in [4.69, 9.17) is 28.4 Å². The van der Waals surface area contributed by atoms with Crippen LogP contribution in [-0.2, 0) is 25.7 Å². The molecule has 0 N–H and O–H groups in total. The molecule has 0 aliphatic carbocycles. The summed E-state index contributed by atoms with van der Waals surface area (Å²) in [6, 6.07) is 19.0. The molecule has 6 aliphatic heterocycles. The average molecular weight is 607 g/mol. The Morgan fingerprint density at radius 1 is 0.578 bits per heavy atom. The standard InChI is InChI=1S/C37H38N2O6/c1-38-14-12-23-19-30(41-4)34-36-32(23)26(38)16-21-6-9-25(10-7-21)43-29-18-22(8-11-28(29)40-3)17-27-33-24(13-15-39(27)2)20-31(42-5)35(44-36)37(33)45-34/h6-11,18-20,26-27H,12-17H2,1-5H3/t26-,27-/m0/s1. The van der Waals surface area contributed by atoms with Crippen LogP contribution in [0.4, 0.5) is 0 Å². The first-order chi connectivity index (χ1) is 21.9. The predicted octanol–water partition coefficient (Wildman–Crippen LogP) is 7.26. The zero-order valence-electron chi connectivity index (χ0n) is 26.4. The van der Waals surface area contributed by atoms with Gasteiger partial charge in [-0.05, 0) is 98.4 Å². The van der Waals surface area contributed by atoms with E-state index >= 15 is 0 Å². The molecule has 4 aromatic carbocycles. The predicted molar refractivity (Wildman–Crippen MR) is 171 cm³/mol. The first-order valence-electron chi connectivity index (χ1n) is 15.6. The van der Waals surface area contributed by atoms with Crippen LogP contribution in [0.15, 0.2) is 54.6 Å². The normalized spacial score (nSPS) is 19.9. The molecule has 6 heterocycles. The van der Waals surface area contributed by atoms with Crippen LogP contribution >= 0.6 is 0 Å². The second kappa shape index (κ2) is 10.9. The summed E-state index contributed by atoms with van der Waals surface area (Å²) in [6.07, 6.45) is 3.31. The van der Waals surface area contributed by atoms with E-state index in [-0.39, 0.29) is 12.1 Å². The summed E-state index contributed by atoms with van der Waals surface area (Å²) in [5.74, 6) is 6.20. The lowest BCUT2D eigenvalue weighted by Gasteiger charge is -2.40. The largest absolute Gasteiger partial charge is 0.493 e. The molecule has 0 radical (unpaired) electrons. The minimum absolute atomic E-state index is 0.0282. The highest BCUT2D eigenvalue weighted by molar-refractivity contribution is 5.71. The minimum atomic E-state index is 0.0282. The quantitative estimate of drug-likeness (QED) is 0.213. The summed E-state index contributed by atoms with van der Waals surface area (Å²) in [4.78, 5) is 4.80. The molecule has 232 valence electrons. The summed E-state index contributed by atoms with van der Waals surface area (Å²) < 4.78 is 38.1. The van der Waals surface area contributed by atoms with Crippen LogP contribution < -0.4 is 28.4 Å². The summed E-state index contributed by atoms with van der Waals surface area (Å²) in [7, 11) is 9.44. The van der Waals surface area contributed by atoms with Gasteiger partial charge in [0.2, 0.25) is 11.5 Å². The fourth-order valence-electron chi connectivity index (χ4n) is 7.47. The molecule has 6 aliphatic rings. The maximum absolute atomic E-state index is 7.01. The number of rotatable bonds is 3. The zero-order valence-corrected chi connectivity index (χ0v) is 26.4. The highest BCUT2D eigenvalue weighted by Crippen LogP contribution is 2.60. The van der Waals surface area contributed by atoms with Gasteiger partial charge < -0.3 is 28.4 Å². The van der Waals surface area contributed by atoms with Gasteiger partial charge in [-0.2, -0.15) is 0 Å². The molecule has 0 aromatic heterocycles. The Morgan fingerprint density at radius 2 is 1.09 bits per heavy atom. The number of methoxy groups -OCH3 is 3. The second-order valence-electron chi connectivity index (χ2n) is 12.5. The van der Waals surface area contributed by atoms with Crippen LogP contribution in [0.25, 0.3) is 0 Å². The topological polar surface area (TPSA) is 61.9 Å². The van der Waals surface area contributed by atoms with E-state index in [1.54, 1.807) is 21.3 Å². The van der Waals surface area contributed by atoms with E-state index in [0.29, 0.717) is 46.0 Å². The first kappa shape index (κ1) is 28.1. The van der Waals surface area contributed by atoms with Crippen molar-refractivity contribution < 1.29 is 28.4 Å². The van der Waals surface area contributed by atoms with Gasteiger partial charge in [-0.25, -0.2) is 0 Å². The van der Waals surface area contributed by atoms with Gasteiger partial charge in [0.05, 0.1) is 21.3 Å². The van der Waals surface area contributed by atoms with Crippen molar-refractivity contribution in [3.63, 3.8) is 0 Å². The van der Waals surface area contributed by atoms with Crippen molar-refractivity contribution in [2.24, 2.45) is 0 Å². The van der Waals surface area contributed by atoms with Gasteiger partial charge in [-0.3, -0.25) is 9.80 Å². The average Bonchev–Trinajstić information content (AvgIpc) is 3.06. The van der Waals surface area contributed by atoms with E-state index in [0.717, 1.165) is 61.2 Å². The van der Waals surface area contributed by atoms with Crippen LogP contribution in [0.1, 0.15) is 45.5 Å². The SMILES string of the molecule is COc1ccc2cc1Oc1ccc(cc1)C[C@H]1c3c(cc(OC)c4c3Oc3c(OC)cc5c(c3O4)[C@H](C2)N(C)CC5)CCN1C. The maximum Gasteiger partial charge on any atom is 0.212 e. The van der Waals surface area contributed by atoms with Gasteiger partial charge in [-0.1, -0.05) is 18.2 Å². The molecule has 8 heteroatoms. The third kappa shape index (κ3) is 4.58. The first-order valence-corrected chi connectivity index (χ1v) is 15.6. The summed E-state index contributed by atoms with van der Waals surface area (Å²) >= 11 is 0. The van der Waals surface area contributed by atoms with E-state index in [1.807, 2.05) is 18.2 Å². The summed E-state index contributed by atoms with van der Waals surface area (Å²) in [5.41, 5.74) is 7.01. The zero-order chi connectivity index (χ0) is 30.8. The Bertz CT molecular complexity index is 1800. The van der Waals surface area contributed by atoms with Gasteiger partial charge in [-0.15, -0.1) is 0 Å². The molecule has 0 spiro atoms. The molecule has 10 bridgehead atoms. The molecular formula is C37H38N2O6. The smallest absolute Gasteiger partial charge is 0.212 e. The molecule has 2 atom stereocenters. The fraction of sp³-hybridized carbons (Fsp3) is 0.351. The third-order valence-electron chi connectivity index (χ3n) is 9.94. The van der Waals surface area contributed by atoms with Gasteiger partial charge in [0.15, 0.2) is 34.5 Å². The highest BCUT2D eigenvalue weighted by atomic mass is 16.6. The highest BCUT2D eigenvalue weighted by Gasteiger charge is 2.40. The summed E-state index contributed by atoms with van der Waals surface area (Å²) in [6.45, 7) is 1.84. The van der Waals surface area contributed by atoms with Crippen LogP contribution in [0.5, 0.6) is 51.7 Å². The van der Waals surface area contributed by atoms with Crippen molar-refractivity contribution in [2.45, 2.75) is 37.8 Å². The molecule has 8 nitrogen and oxygen atoms in total. The van der Waals surface area contributed by atoms with E-state index in [1.165, 1.54) is 16.7 Å². The maximum atomic E-state index is 7.01. The molecule has 4 aromatic rings. The lowest BCUT2D eigenvalue weighted by molar-refractivity contribution is 0.211. The van der Waals surface area contributed by atoms with Crippen molar-refractivity contribution in [3.8, 4) is 51.7 Å². The molecule has 0 saturated heterocycles. The molecule has 10 rings (SSSR count). The van der Waals surface area contributed by atoms with Crippen LogP contribution in [0.3, 0.4) is 0 Å². The minimum Gasteiger partial charge on any atom is -0.493 e. The van der Waals surface area contributed by atoms with Gasteiger partial charge in [0, 0.05) is 36.3 Å². The molecule has 45 heavy (non-hydrogen) atoms. The van der Waals surface area contributed by atoms with Crippen molar-refractivity contribution in [2.75, 3.05) is 48.5 Å². The molecule has 0 fully saturated rings. The van der Waals surface area contributed by atoms with Crippen molar-refractivity contribution in [1.29, 1.82) is 0 Å². The monoisotopic (exact) mass is 606 g/mol. The Balaban J connectivity index is 1.38. The van der Waals surface area contributed by atoms with Crippen molar-refractivity contribution >= 4 is 0 Å². The number of hydrogen-bond donors (Lipinski definition) is 0. The third-order valence-corrected chi connectivity index (χ3v) is 9.94. The Labute approximate surface area is 264 Å². The van der Waals surface area contributed by atoms with E-state index < -0.39 is 0 Å². The molecular weight excluding hydrogens is 568 g/mol.